The Morgan fingerprint density at radius 1 is 1.13 bits per heavy atom. The molecular formula is C12H16F2O. The molecule has 0 saturated heterocycles. The van der Waals surface area contributed by atoms with Crippen molar-refractivity contribution in [2.45, 2.75) is 33.8 Å². The Labute approximate surface area is 88.7 Å². The fraction of sp³-hybridized carbons (Fsp3) is 0.500. The van der Waals surface area contributed by atoms with Gasteiger partial charge in [-0.25, -0.2) is 8.78 Å². The number of hydrogen-bond acceptors (Lipinski definition) is 1. The van der Waals surface area contributed by atoms with Crippen molar-refractivity contribution in [1.29, 1.82) is 0 Å². The molecule has 1 aromatic rings. The van der Waals surface area contributed by atoms with Gasteiger partial charge in [-0.2, -0.15) is 0 Å². The van der Waals surface area contributed by atoms with Gasteiger partial charge in [0.2, 0.25) is 0 Å². The van der Waals surface area contributed by atoms with Crippen LogP contribution in [0.1, 0.15) is 38.0 Å². The number of halogens is 2. The Balaban J connectivity index is 3.23. The molecule has 1 rings (SSSR count). The lowest BCUT2D eigenvalue weighted by atomic mass is 9.84. The molecule has 0 bridgehead atoms. The monoisotopic (exact) mass is 214 g/mol. The van der Waals surface area contributed by atoms with E-state index >= 15 is 0 Å². The summed E-state index contributed by atoms with van der Waals surface area (Å²) in [6.07, 6.45) is -1.01. The molecule has 0 aliphatic heterocycles. The normalized spacial score (nSPS) is 14.1. The summed E-state index contributed by atoms with van der Waals surface area (Å²) >= 11 is 0. The number of aliphatic hydroxyl groups excluding tert-OH is 1. The summed E-state index contributed by atoms with van der Waals surface area (Å²) in [6, 6.07) is 2.91. The third-order valence-electron chi connectivity index (χ3n) is 2.42. The van der Waals surface area contributed by atoms with E-state index in [1.165, 1.54) is 19.1 Å². The minimum atomic E-state index is -1.01. The lowest BCUT2D eigenvalue weighted by molar-refractivity contribution is 0.0588. The number of hydrogen-bond donors (Lipinski definition) is 1. The quantitative estimate of drug-likeness (QED) is 0.760. The fourth-order valence-corrected chi connectivity index (χ4v) is 1.34. The SMILES string of the molecule is Cc1ccc(C(O)C(C)(C)C)c(F)c1F. The smallest absolute Gasteiger partial charge is 0.164 e. The molecule has 0 amide bonds. The number of aliphatic hydroxyl groups is 1. The van der Waals surface area contributed by atoms with Crippen LogP contribution in [0, 0.1) is 24.0 Å². The van der Waals surface area contributed by atoms with Gasteiger partial charge in [-0.15, -0.1) is 0 Å². The summed E-state index contributed by atoms with van der Waals surface area (Å²) in [7, 11) is 0. The van der Waals surface area contributed by atoms with Crippen molar-refractivity contribution in [3.8, 4) is 0 Å². The van der Waals surface area contributed by atoms with Crippen LogP contribution in [-0.2, 0) is 0 Å². The first-order valence-electron chi connectivity index (χ1n) is 4.87. The molecule has 0 aromatic heterocycles. The standard InChI is InChI=1S/C12H16F2O/c1-7-5-6-8(10(14)9(7)13)11(15)12(2,3)4/h5-6,11,15H,1-4H3. The van der Waals surface area contributed by atoms with Crippen LogP contribution in [0.25, 0.3) is 0 Å². The molecule has 0 saturated carbocycles. The van der Waals surface area contributed by atoms with Crippen LogP contribution in [0.15, 0.2) is 12.1 Å². The third kappa shape index (κ3) is 2.34. The first-order valence-corrected chi connectivity index (χ1v) is 4.87. The van der Waals surface area contributed by atoms with E-state index in [2.05, 4.69) is 0 Å². The first-order chi connectivity index (χ1) is 6.75. The number of rotatable bonds is 1. The van der Waals surface area contributed by atoms with E-state index in [0.29, 0.717) is 0 Å². The Morgan fingerprint density at radius 3 is 2.13 bits per heavy atom. The Kier molecular flexibility index (Phi) is 3.14. The number of aryl methyl sites for hydroxylation is 1. The van der Waals surface area contributed by atoms with Gasteiger partial charge in [0.15, 0.2) is 11.6 Å². The largest absolute Gasteiger partial charge is 0.388 e. The molecule has 1 N–H and O–H groups in total. The van der Waals surface area contributed by atoms with Gasteiger partial charge in [-0.05, 0) is 17.9 Å². The van der Waals surface area contributed by atoms with Gasteiger partial charge in [0, 0.05) is 5.56 Å². The predicted octanol–water partition coefficient (Wildman–Crippen LogP) is 3.35. The molecule has 0 radical (unpaired) electrons. The molecule has 3 heteroatoms. The van der Waals surface area contributed by atoms with Crippen LogP contribution in [-0.4, -0.2) is 5.11 Å². The van der Waals surface area contributed by atoms with Gasteiger partial charge in [-0.3, -0.25) is 0 Å². The van der Waals surface area contributed by atoms with Crippen molar-refractivity contribution in [1.82, 2.24) is 0 Å². The molecule has 84 valence electrons. The maximum absolute atomic E-state index is 13.5. The molecular weight excluding hydrogens is 198 g/mol. The van der Waals surface area contributed by atoms with Crippen molar-refractivity contribution in [2.75, 3.05) is 0 Å². The van der Waals surface area contributed by atoms with Crippen LogP contribution in [0.2, 0.25) is 0 Å². The second-order valence-corrected chi connectivity index (χ2v) is 4.87. The zero-order valence-corrected chi connectivity index (χ0v) is 9.44. The van der Waals surface area contributed by atoms with Gasteiger partial charge in [0.25, 0.3) is 0 Å². The zero-order chi connectivity index (χ0) is 11.8. The highest BCUT2D eigenvalue weighted by Crippen LogP contribution is 2.34. The average molecular weight is 214 g/mol. The second kappa shape index (κ2) is 3.89. The van der Waals surface area contributed by atoms with Crippen molar-refractivity contribution in [3.05, 3.63) is 34.9 Å². The highest BCUT2D eigenvalue weighted by molar-refractivity contribution is 5.27. The zero-order valence-electron chi connectivity index (χ0n) is 9.44. The average Bonchev–Trinajstić information content (AvgIpc) is 2.12. The molecule has 1 unspecified atom stereocenters. The van der Waals surface area contributed by atoms with E-state index in [-0.39, 0.29) is 11.1 Å². The van der Waals surface area contributed by atoms with Crippen LogP contribution in [0.3, 0.4) is 0 Å². The lowest BCUT2D eigenvalue weighted by Crippen LogP contribution is -2.19. The van der Waals surface area contributed by atoms with Crippen LogP contribution in [0.4, 0.5) is 8.78 Å². The molecule has 0 spiro atoms. The maximum atomic E-state index is 13.5. The maximum Gasteiger partial charge on any atom is 0.164 e. The topological polar surface area (TPSA) is 20.2 Å². The molecule has 15 heavy (non-hydrogen) atoms. The van der Waals surface area contributed by atoms with Gasteiger partial charge in [-0.1, -0.05) is 32.9 Å². The fourth-order valence-electron chi connectivity index (χ4n) is 1.34. The van der Waals surface area contributed by atoms with Crippen molar-refractivity contribution in [3.63, 3.8) is 0 Å². The summed E-state index contributed by atoms with van der Waals surface area (Å²) in [5.41, 5.74) is -0.245. The molecule has 0 aliphatic carbocycles. The van der Waals surface area contributed by atoms with E-state index in [4.69, 9.17) is 0 Å². The molecule has 1 aromatic carbocycles. The van der Waals surface area contributed by atoms with E-state index < -0.39 is 23.2 Å². The lowest BCUT2D eigenvalue weighted by Gasteiger charge is -2.26. The molecule has 1 nitrogen and oxygen atoms in total. The van der Waals surface area contributed by atoms with Gasteiger partial charge in [0.1, 0.15) is 0 Å². The van der Waals surface area contributed by atoms with Crippen LogP contribution < -0.4 is 0 Å². The minimum Gasteiger partial charge on any atom is -0.388 e. The van der Waals surface area contributed by atoms with Gasteiger partial charge in [0.05, 0.1) is 6.10 Å². The molecule has 0 aliphatic rings. The first kappa shape index (κ1) is 12.1. The summed E-state index contributed by atoms with van der Waals surface area (Å²) in [4.78, 5) is 0. The second-order valence-electron chi connectivity index (χ2n) is 4.87. The summed E-state index contributed by atoms with van der Waals surface area (Å²) in [5, 5.41) is 9.85. The van der Waals surface area contributed by atoms with Crippen LogP contribution >= 0.6 is 0 Å². The highest BCUT2D eigenvalue weighted by atomic mass is 19.2. The van der Waals surface area contributed by atoms with E-state index in [9.17, 15) is 13.9 Å². The van der Waals surface area contributed by atoms with Gasteiger partial charge >= 0.3 is 0 Å². The van der Waals surface area contributed by atoms with Crippen LogP contribution in [0.5, 0.6) is 0 Å². The summed E-state index contributed by atoms with van der Waals surface area (Å²) in [5.74, 6) is -1.83. The summed E-state index contributed by atoms with van der Waals surface area (Å²) < 4.78 is 26.8. The number of benzene rings is 1. The Hall–Kier alpha value is -0.960. The van der Waals surface area contributed by atoms with Crippen molar-refractivity contribution < 1.29 is 13.9 Å². The van der Waals surface area contributed by atoms with Crippen molar-refractivity contribution >= 4 is 0 Å². The van der Waals surface area contributed by atoms with E-state index in [0.717, 1.165) is 0 Å². The molecule has 1 atom stereocenters. The summed E-state index contributed by atoms with van der Waals surface area (Å²) in [6.45, 7) is 6.81. The minimum absolute atomic E-state index is 0.0191. The predicted molar refractivity (Wildman–Crippen MR) is 55.5 cm³/mol. The third-order valence-corrected chi connectivity index (χ3v) is 2.42. The Morgan fingerprint density at radius 2 is 1.67 bits per heavy atom. The Bertz CT molecular complexity index is 367. The van der Waals surface area contributed by atoms with Gasteiger partial charge < -0.3 is 5.11 Å². The molecule has 0 fully saturated rings. The van der Waals surface area contributed by atoms with E-state index in [1.807, 2.05) is 0 Å². The molecule has 0 heterocycles. The van der Waals surface area contributed by atoms with E-state index in [1.54, 1.807) is 20.8 Å². The van der Waals surface area contributed by atoms with Crippen molar-refractivity contribution in [2.24, 2.45) is 5.41 Å². The highest BCUT2D eigenvalue weighted by Gasteiger charge is 2.27.